The minimum absolute atomic E-state index is 0.0489. The van der Waals surface area contributed by atoms with Crippen LogP contribution in [-0.2, 0) is 11.3 Å². The van der Waals surface area contributed by atoms with Gasteiger partial charge < -0.3 is 5.32 Å². The van der Waals surface area contributed by atoms with Gasteiger partial charge in [0.15, 0.2) is 0 Å². The second-order valence-electron chi connectivity index (χ2n) is 5.00. The average molecular weight is 329 g/mol. The number of rotatable bonds is 5. The lowest BCUT2D eigenvalue weighted by atomic mass is 10.2. The summed E-state index contributed by atoms with van der Waals surface area (Å²) in [5.74, 6) is -1.00. The number of amides is 1. The van der Waals surface area contributed by atoms with Crippen LogP contribution in [-0.4, -0.2) is 26.1 Å². The molecular formula is C16H13F2N5O. The molecule has 0 saturated heterocycles. The highest BCUT2D eigenvalue weighted by molar-refractivity contribution is 5.90. The Morgan fingerprint density at radius 3 is 2.75 bits per heavy atom. The lowest BCUT2D eigenvalue weighted by Crippen LogP contribution is -2.16. The van der Waals surface area contributed by atoms with E-state index in [1.807, 2.05) is 0 Å². The summed E-state index contributed by atoms with van der Waals surface area (Å²) >= 11 is 0. The Hall–Kier alpha value is -3.16. The molecule has 6 nitrogen and oxygen atoms in total. The van der Waals surface area contributed by atoms with E-state index in [1.54, 1.807) is 18.2 Å². The van der Waals surface area contributed by atoms with Crippen LogP contribution < -0.4 is 5.32 Å². The summed E-state index contributed by atoms with van der Waals surface area (Å²) < 4.78 is 26.6. The Balaban J connectivity index is 1.59. The number of anilines is 1. The summed E-state index contributed by atoms with van der Waals surface area (Å²) in [6, 6.07) is 11.7. The van der Waals surface area contributed by atoms with Crippen molar-refractivity contribution >= 4 is 11.6 Å². The number of hydrogen-bond donors (Lipinski definition) is 1. The molecule has 0 aliphatic rings. The third kappa shape index (κ3) is 3.78. The van der Waals surface area contributed by atoms with Gasteiger partial charge in [0.1, 0.15) is 11.6 Å². The number of para-hydroxylation sites is 1. The van der Waals surface area contributed by atoms with Crippen LogP contribution in [0, 0.1) is 11.6 Å². The first kappa shape index (κ1) is 15.7. The van der Waals surface area contributed by atoms with Crippen LogP contribution in [0.1, 0.15) is 6.42 Å². The van der Waals surface area contributed by atoms with E-state index in [4.69, 9.17) is 0 Å². The molecule has 0 saturated carbocycles. The van der Waals surface area contributed by atoms with Gasteiger partial charge in [-0.1, -0.05) is 24.3 Å². The first-order chi connectivity index (χ1) is 11.6. The maximum absolute atomic E-state index is 13.5. The molecule has 1 heterocycles. The van der Waals surface area contributed by atoms with Gasteiger partial charge in [0, 0.05) is 12.0 Å². The van der Waals surface area contributed by atoms with E-state index in [1.165, 1.54) is 35.1 Å². The Labute approximate surface area is 136 Å². The molecule has 0 unspecified atom stereocenters. The number of carbonyl (C=O) groups excluding carboxylic acids is 1. The minimum atomic E-state index is -0.502. The molecule has 8 heteroatoms. The maximum Gasteiger partial charge on any atom is 0.226 e. The molecule has 0 radical (unpaired) electrons. The van der Waals surface area contributed by atoms with Crippen LogP contribution in [0.15, 0.2) is 48.5 Å². The molecule has 24 heavy (non-hydrogen) atoms. The van der Waals surface area contributed by atoms with Crippen LogP contribution >= 0.6 is 0 Å². The van der Waals surface area contributed by atoms with Gasteiger partial charge in [-0.15, -0.1) is 10.2 Å². The number of halogens is 2. The molecule has 0 aliphatic carbocycles. The van der Waals surface area contributed by atoms with Crippen molar-refractivity contribution < 1.29 is 13.6 Å². The van der Waals surface area contributed by atoms with Crippen molar-refractivity contribution in [3.63, 3.8) is 0 Å². The normalized spacial score (nSPS) is 10.6. The van der Waals surface area contributed by atoms with Crippen LogP contribution in [0.3, 0.4) is 0 Å². The molecule has 1 amide bonds. The van der Waals surface area contributed by atoms with Crippen LogP contribution in [0.2, 0.25) is 0 Å². The molecule has 3 rings (SSSR count). The highest BCUT2D eigenvalue weighted by atomic mass is 19.1. The fraction of sp³-hybridized carbons (Fsp3) is 0.125. The summed E-state index contributed by atoms with van der Waals surface area (Å²) in [4.78, 5) is 13.1. The largest absolute Gasteiger partial charge is 0.324 e. The van der Waals surface area contributed by atoms with E-state index < -0.39 is 11.6 Å². The van der Waals surface area contributed by atoms with Gasteiger partial charge in [-0.2, -0.15) is 4.80 Å². The quantitative estimate of drug-likeness (QED) is 0.781. The number of aryl methyl sites for hydroxylation is 1. The summed E-state index contributed by atoms with van der Waals surface area (Å²) in [5, 5.41) is 14.2. The van der Waals surface area contributed by atoms with Crippen molar-refractivity contribution in [1.29, 1.82) is 0 Å². The van der Waals surface area contributed by atoms with Gasteiger partial charge in [-0.25, -0.2) is 8.78 Å². The molecule has 0 bridgehead atoms. The predicted molar refractivity (Wildman–Crippen MR) is 82.9 cm³/mol. The van der Waals surface area contributed by atoms with E-state index in [0.717, 1.165) is 0 Å². The number of benzene rings is 2. The molecule has 0 fully saturated rings. The molecule has 122 valence electrons. The van der Waals surface area contributed by atoms with Gasteiger partial charge in [0.25, 0.3) is 0 Å². The SMILES string of the molecule is O=C(CCn1nnc(-c2cccc(F)c2)n1)Nc1ccccc1F. The number of hydrogen-bond acceptors (Lipinski definition) is 4. The van der Waals surface area contributed by atoms with Crippen LogP contribution in [0.5, 0.6) is 0 Å². The van der Waals surface area contributed by atoms with E-state index in [2.05, 4.69) is 20.7 Å². The fourth-order valence-electron chi connectivity index (χ4n) is 2.06. The van der Waals surface area contributed by atoms with E-state index in [9.17, 15) is 13.6 Å². The van der Waals surface area contributed by atoms with Gasteiger partial charge >= 0.3 is 0 Å². The summed E-state index contributed by atoms with van der Waals surface area (Å²) in [5.41, 5.74) is 0.617. The van der Waals surface area contributed by atoms with Gasteiger partial charge in [-0.3, -0.25) is 4.79 Å². The lowest BCUT2D eigenvalue weighted by Gasteiger charge is -2.05. The smallest absolute Gasteiger partial charge is 0.226 e. The van der Waals surface area contributed by atoms with E-state index in [0.29, 0.717) is 5.56 Å². The third-order valence-electron chi connectivity index (χ3n) is 3.22. The Bertz CT molecular complexity index is 865. The molecular weight excluding hydrogens is 316 g/mol. The molecule has 1 N–H and O–H groups in total. The van der Waals surface area contributed by atoms with Gasteiger partial charge in [0.05, 0.1) is 12.2 Å². The lowest BCUT2D eigenvalue weighted by molar-refractivity contribution is -0.116. The zero-order chi connectivity index (χ0) is 16.9. The first-order valence-electron chi connectivity index (χ1n) is 7.20. The molecule has 0 spiro atoms. The fourth-order valence-corrected chi connectivity index (χ4v) is 2.06. The first-order valence-corrected chi connectivity index (χ1v) is 7.20. The summed E-state index contributed by atoms with van der Waals surface area (Å²) in [7, 11) is 0. The van der Waals surface area contributed by atoms with Crippen molar-refractivity contribution in [2.45, 2.75) is 13.0 Å². The summed E-state index contributed by atoms with van der Waals surface area (Å²) in [6.45, 7) is 0.169. The Morgan fingerprint density at radius 1 is 1.12 bits per heavy atom. The molecule has 0 atom stereocenters. The third-order valence-corrected chi connectivity index (χ3v) is 3.22. The standard InChI is InChI=1S/C16H13F2N5O/c17-12-5-3-4-11(10-12)16-20-22-23(21-16)9-8-15(24)19-14-7-2-1-6-13(14)18/h1-7,10H,8-9H2,(H,19,24). The zero-order valence-electron chi connectivity index (χ0n) is 12.5. The number of nitrogens with zero attached hydrogens (tertiary/aromatic N) is 4. The Kier molecular flexibility index (Phi) is 4.55. The van der Waals surface area contributed by atoms with Crippen LogP contribution in [0.25, 0.3) is 11.4 Å². The van der Waals surface area contributed by atoms with E-state index in [-0.39, 0.29) is 30.4 Å². The highest BCUT2D eigenvalue weighted by Crippen LogP contribution is 2.15. The molecule has 0 aliphatic heterocycles. The zero-order valence-corrected chi connectivity index (χ0v) is 12.5. The van der Waals surface area contributed by atoms with Crippen molar-refractivity contribution in [1.82, 2.24) is 20.2 Å². The van der Waals surface area contributed by atoms with Crippen LogP contribution in [0.4, 0.5) is 14.5 Å². The molecule has 1 aromatic heterocycles. The van der Waals surface area contributed by atoms with Crippen molar-refractivity contribution in [2.75, 3.05) is 5.32 Å². The predicted octanol–water partition coefficient (Wildman–Crippen LogP) is 2.65. The van der Waals surface area contributed by atoms with Gasteiger partial charge in [-0.05, 0) is 29.5 Å². The number of carbonyl (C=O) groups is 1. The molecule has 3 aromatic rings. The number of nitrogens with one attached hydrogen (secondary N) is 1. The highest BCUT2D eigenvalue weighted by Gasteiger charge is 2.10. The number of aromatic nitrogens is 4. The van der Waals surface area contributed by atoms with E-state index >= 15 is 0 Å². The van der Waals surface area contributed by atoms with Crippen molar-refractivity contribution in [3.8, 4) is 11.4 Å². The maximum atomic E-state index is 13.5. The second kappa shape index (κ2) is 6.95. The van der Waals surface area contributed by atoms with Crippen molar-refractivity contribution in [3.05, 3.63) is 60.2 Å². The van der Waals surface area contributed by atoms with Gasteiger partial charge in [0.2, 0.25) is 11.7 Å². The monoisotopic (exact) mass is 329 g/mol. The molecule has 2 aromatic carbocycles. The Morgan fingerprint density at radius 2 is 1.96 bits per heavy atom. The topological polar surface area (TPSA) is 72.7 Å². The average Bonchev–Trinajstić information content (AvgIpc) is 3.04. The van der Waals surface area contributed by atoms with Crippen molar-refractivity contribution in [2.24, 2.45) is 0 Å². The second-order valence-corrected chi connectivity index (χ2v) is 5.00. The summed E-state index contributed by atoms with van der Waals surface area (Å²) in [6.07, 6.45) is 0.0489. The number of tetrazole rings is 1. The minimum Gasteiger partial charge on any atom is -0.324 e.